The molecule has 1 saturated carbocycles. The Morgan fingerprint density at radius 3 is 2.79 bits per heavy atom. The van der Waals surface area contributed by atoms with Gasteiger partial charge in [0.2, 0.25) is 0 Å². The number of Topliss-reactive ketones (excluding diaryl/α,β-unsaturated/α-hetero) is 1. The highest BCUT2D eigenvalue weighted by atomic mass is 16.5. The van der Waals surface area contributed by atoms with Crippen molar-refractivity contribution >= 4 is 5.78 Å². The van der Waals surface area contributed by atoms with Crippen LogP contribution in [0.15, 0.2) is 10.7 Å². The maximum atomic E-state index is 12.2. The Hall–Kier alpha value is -1.12. The second kappa shape index (κ2) is 2.10. The van der Waals surface area contributed by atoms with Gasteiger partial charge < -0.3 is 4.52 Å². The van der Waals surface area contributed by atoms with E-state index in [-0.39, 0.29) is 16.6 Å². The highest BCUT2D eigenvalue weighted by Gasteiger charge is 2.62. The van der Waals surface area contributed by atoms with Gasteiger partial charge in [-0.1, -0.05) is 19.0 Å². The van der Waals surface area contributed by atoms with E-state index in [0.29, 0.717) is 0 Å². The van der Waals surface area contributed by atoms with Crippen molar-refractivity contribution in [2.24, 2.45) is 10.8 Å². The second-order valence-corrected chi connectivity index (χ2v) is 5.13. The van der Waals surface area contributed by atoms with E-state index in [9.17, 15) is 4.79 Å². The number of hydrogen-bond acceptors (Lipinski definition) is 3. The van der Waals surface area contributed by atoms with Gasteiger partial charge in [-0.3, -0.25) is 4.79 Å². The van der Waals surface area contributed by atoms with E-state index in [1.807, 2.05) is 0 Å². The van der Waals surface area contributed by atoms with Crippen LogP contribution in [0.3, 0.4) is 0 Å². The lowest BCUT2D eigenvalue weighted by atomic mass is 9.65. The first-order chi connectivity index (χ1) is 6.57. The van der Waals surface area contributed by atoms with Crippen LogP contribution in [-0.2, 0) is 6.42 Å². The molecule has 0 atom stereocenters. The Labute approximate surface area is 82.5 Å². The van der Waals surface area contributed by atoms with Gasteiger partial charge in [0.1, 0.15) is 5.76 Å². The Kier molecular flexibility index (Phi) is 1.23. The van der Waals surface area contributed by atoms with Crippen LogP contribution in [0.5, 0.6) is 0 Å². The zero-order valence-corrected chi connectivity index (χ0v) is 8.46. The number of ketones is 1. The zero-order chi connectivity index (χ0) is 9.97. The minimum atomic E-state index is -0.0917. The molecule has 74 valence electrons. The molecule has 0 unspecified atom stereocenters. The van der Waals surface area contributed by atoms with E-state index in [0.717, 1.165) is 30.6 Å². The molecule has 2 aliphatic rings. The van der Waals surface area contributed by atoms with Crippen LogP contribution in [0.1, 0.15) is 42.8 Å². The first kappa shape index (κ1) is 8.21. The molecule has 3 nitrogen and oxygen atoms in total. The van der Waals surface area contributed by atoms with Gasteiger partial charge in [0.25, 0.3) is 0 Å². The first-order valence-electron chi connectivity index (χ1n) is 5.05. The molecule has 0 amide bonds. The molecule has 0 saturated heterocycles. The van der Waals surface area contributed by atoms with Crippen LogP contribution in [0.25, 0.3) is 0 Å². The molecule has 1 spiro atoms. The maximum Gasteiger partial charge on any atom is 0.174 e. The average Bonchev–Trinajstić information content (AvgIpc) is 2.80. The summed E-state index contributed by atoms with van der Waals surface area (Å²) in [4.78, 5) is 12.2. The molecular formula is C11H13NO2. The molecule has 14 heavy (non-hydrogen) atoms. The first-order valence-corrected chi connectivity index (χ1v) is 5.05. The van der Waals surface area contributed by atoms with Crippen LogP contribution in [0, 0.1) is 10.8 Å². The van der Waals surface area contributed by atoms with Crippen LogP contribution >= 0.6 is 0 Å². The molecular weight excluding hydrogens is 178 g/mol. The van der Waals surface area contributed by atoms with Crippen LogP contribution in [0.2, 0.25) is 0 Å². The summed E-state index contributed by atoms with van der Waals surface area (Å²) in [7, 11) is 0. The van der Waals surface area contributed by atoms with Gasteiger partial charge in [0, 0.05) is 11.8 Å². The molecule has 0 aromatic carbocycles. The molecule has 0 N–H and O–H groups in total. The van der Waals surface area contributed by atoms with Gasteiger partial charge in [0.15, 0.2) is 5.78 Å². The molecule has 3 rings (SSSR count). The Morgan fingerprint density at radius 2 is 2.14 bits per heavy atom. The van der Waals surface area contributed by atoms with E-state index >= 15 is 0 Å². The maximum absolute atomic E-state index is 12.2. The van der Waals surface area contributed by atoms with Gasteiger partial charge in [-0.15, -0.1) is 0 Å². The van der Waals surface area contributed by atoms with E-state index in [4.69, 9.17) is 4.52 Å². The highest BCUT2D eigenvalue weighted by Crippen LogP contribution is 2.63. The topological polar surface area (TPSA) is 43.1 Å². The summed E-state index contributed by atoms with van der Waals surface area (Å²) >= 11 is 0. The lowest BCUT2D eigenvalue weighted by molar-refractivity contribution is 0.0689. The molecule has 2 aliphatic carbocycles. The summed E-state index contributed by atoms with van der Waals surface area (Å²) in [5, 5.41) is 3.72. The number of aromatic nitrogens is 1. The number of carbonyl (C=O) groups excluding carboxylic acids is 1. The van der Waals surface area contributed by atoms with Crippen LogP contribution in [0.4, 0.5) is 0 Å². The van der Waals surface area contributed by atoms with E-state index in [2.05, 4.69) is 19.0 Å². The third-order valence-electron chi connectivity index (χ3n) is 3.97. The molecule has 1 fully saturated rings. The predicted molar refractivity (Wildman–Crippen MR) is 50.0 cm³/mol. The fourth-order valence-corrected chi connectivity index (χ4v) is 2.74. The SMILES string of the molecule is CC1(C)Cc2oncc2C(=O)C12CC2. The summed E-state index contributed by atoms with van der Waals surface area (Å²) in [6.45, 7) is 4.31. The Balaban J connectivity index is 2.19. The predicted octanol–water partition coefficient (Wildman–Crippen LogP) is 2.22. The molecule has 1 heterocycles. The summed E-state index contributed by atoms with van der Waals surface area (Å²) in [5.41, 5.74) is 0.671. The average molecular weight is 191 g/mol. The molecule has 1 aromatic heterocycles. The highest BCUT2D eigenvalue weighted by molar-refractivity contribution is 6.04. The van der Waals surface area contributed by atoms with Crippen LogP contribution in [-0.4, -0.2) is 10.9 Å². The normalized spacial score (nSPS) is 26.3. The minimum absolute atomic E-state index is 0.0383. The number of carbonyl (C=O) groups is 1. The third-order valence-corrected chi connectivity index (χ3v) is 3.97. The smallest absolute Gasteiger partial charge is 0.174 e. The van der Waals surface area contributed by atoms with Crippen molar-refractivity contribution in [3.8, 4) is 0 Å². The zero-order valence-electron chi connectivity index (χ0n) is 8.46. The summed E-state index contributed by atoms with van der Waals surface area (Å²) in [6, 6.07) is 0. The fourth-order valence-electron chi connectivity index (χ4n) is 2.74. The van der Waals surface area contributed by atoms with Crippen molar-refractivity contribution in [2.75, 3.05) is 0 Å². The molecule has 0 radical (unpaired) electrons. The van der Waals surface area contributed by atoms with Gasteiger partial charge in [-0.05, 0) is 18.3 Å². The molecule has 3 heteroatoms. The van der Waals surface area contributed by atoms with E-state index in [1.54, 1.807) is 6.20 Å². The molecule has 0 aliphatic heterocycles. The largest absolute Gasteiger partial charge is 0.361 e. The van der Waals surface area contributed by atoms with E-state index < -0.39 is 0 Å². The quantitative estimate of drug-likeness (QED) is 0.631. The lowest BCUT2D eigenvalue weighted by Crippen LogP contribution is -2.39. The van der Waals surface area contributed by atoms with Gasteiger partial charge >= 0.3 is 0 Å². The van der Waals surface area contributed by atoms with Gasteiger partial charge in [-0.25, -0.2) is 0 Å². The summed E-state index contributed by atoms with van der Waals surface area (Å²) in [5.74, 6) is 1.03. The number of nitrogens with zero attached hydrogens (tertiary/aromatic N) is 1. The molecule has 1 aromatic rings. The number of hydrogen-bond donors (Lipinski definition) is 0. The lowest BCUT2D eigenvalue weighted by Gasteiger charge is -2.36. The fraction of sp³-hybridized carbons (Fsp3) is 0.636. The monoisotopic (exact) mass is 191 g/mol. The third kappa shape index (κ3) is 0.740. The van der Waals surface area contributed by atoms with Crippen molar-refractivity contribution in [3.63, 3.8) is 0 Å². The Bertz CT molecular complexity index is 413. The van der Waals surface area contributed by atoms with Crippen molar-refractivity contribution in [2.45, 2.75) is 33.1 Å². The molecule has 0 bridgehead atoms. The van der Waals surface area contributed by atoms with Gasteiger partial charge in [0.05, 0.1) is 11.8 Å². The second-order valence-electron chi connectivity index (χ2n) is 5.13. The number of fused-ring (bicyclic) bond motifs is 1. The van der Waals surface area contributed by atoms with Gasteiger partial charge in [-0.2, -0.15) is 0 Å². The summed E-state index contributed by atoms with van der Waals surface area (Å²) < 4.78 is 5.11. The van der Waals surface area contributed by atoms with Crippen molar-refractivity contribution in [1.29, 1.82) is 0 Å². The Morgan fingerprint density at radius 1 is 1.43 bits per heavy atom. The van der Waals surface area contributed by atoms with Crippen molar-refractivity contribution < 1.29 is 9.32 Å². The standard InChI is InChI=1S/C11H13NO2/c1-10(2)5-8-7(6-12-14-8)9(13)11(10)3-4-11/h6H,3-5H2,1-2H3. The summed E-state index contributed by atoms with van der Waals surface area (Å²) in [6.07, 6.45) is 4.48. The number of rotatable bonds is 0. The minimum Gasteiger partial charge on any atom is -0.361 e. The van der Waals surface area contributed by atoms with E-state index in [1.165, 1.54) is 0 Å². The van der Waals surface area contributed by atoms with Crippen LogP contribution < -0.4 is 0 Å². The van der Waals surface area contributed by atoms with Crippen molar-refractivity contribution in [3.05, 3.63) is 17.5 Å². The van der Waals surface area contributed by atoms with Crippen molar-refractivity contribution in [1.82, 2.24) is 5.16 Å².